The van der Waals surface area contributed by atoms with Gasteiger partial charge in [0, 0.05) is 44.6 Å². The van der Waals surface area contributed by atoms with Gasteiger partial charge in [-0.2, -0.15) is 0 Å². The molecule has 162 valence electrons. The maximum atomic E-state index is 13.0. The Morgan fingerprint density at radius 3 is 2.23 bits per heavy atom. The molecule has 2 aromatic rings. The van der Waals surface area contributed by atoms with Gasteiger partial charge in [0.2, 0.25) is 12.0 Å². The topological polar surface area (TPSA) is 76.2 Å². The third kappa shape index (κ3) is 4.84. The highest BCUT2D eigenvalue weighted by atomic mass is 19.1. The van der Waals surface area contributed by atoms with Gasteiger partial charge in [0.05, 0.1) is 0 Å². The number of Topliss-reactive ketones (excluding diaryl/α,β-unsaturated/α-hetero) is 1. The van der Waals surface area contributed by atoms with Crippen LogP contribution in [-0.2, 0) is 9.59 Å². The first-order valence-electron chi connectivity index (χ1n) is 10.2. The highest BCUT2D eigenvalue weighted by Gasteiger charge is 2.33. The maximum Gasteiger partial charge on any atom is 0.267 e. The minimum absolute atomic E-state index is 0.0657. The molecule has 0 bridgehead atoms. The molecule has 2 aliphatic heterocycles. The molecule has 8 heteroatoms. The number of amides is 2. The summed E-state index contributed by atoms with van der Waals surface area (Å²) in [6.07, 6.45) is -0.554. The lowest BCUT2D eigenvalue weighted by Gasteiger charge is -2.37. The van der Waals surface area contributed by atoms with Crippen LogP contribution in [0.1, 0.15) is 23.2 Å². The van der Waals surface area contributed by atoms with Crippen molar-refractivity contribution in [1.82, 2.24) is 9.80 Å². The largest absolute Gasteiger partial charge is 0.485 e. The Kier molecular flexibility index (Phi) is 6.16. The summed E-state index contributed by atoms with van der Waals surface area (Å²) < 4.78 is 24.4. The number of fused-ring (bicyclic) bond motifs is 1. The fourth-order valence-corrected chi connectivity index (χ4v) is 3.68. The molecule has 2 heterocycles. The second-order valence-corrected chi connectivity index (χ2v) is 7.50. The van der Waals surface area contributed by atoms with Gasteiger partial charge in [-0.25, -0.2) is 4.39 Å². The fraction of sp³-hybridized carbons (Fsp3) is 0.348. The molecule has 0 N–H and O–H groups in total. The first kappa shape index (κ1) is 20.8. The highest BCUT2D eigenvalue weighted by molar-refractivity contribution is 5.97. The Morgan fingerprint density at radius 1 is 0.871 bits per heavy atom. The Balaban J connectivity index is 1.24. The lowest BCUT2D eigenvalue weighted by Crippen LogP contribution is -2.55. The maximum absolute atomic E-state index is 13.0. The first-order valence-corrected chi connectivity index (χ1v) is 10.2. The van der Waals surface area contributed by atoms with E-state index in [2.05, 4.69) is 0 Å². The summed E-state index contributed by atoms with van der Waals surface area (Å²) in [7, 11) is 0. The molecular formula is C23H23FN2O5. The van der Waals surface area contributed by atoms with E-state index >= 15 is 0 Å². The van der Waals surface area contributed by atoms with Crippen molar-refractivity contribution in [3.63, 3.8) is 0 Å². The number of ketones is 1. The summed E-state index contributed by atoms with van der Waals surface area (Å²) in [5.41, 5.74) is 0.390. The predicted octanol–water partition coefficient (Wildman–Crippen LogP) is 2.30. The van der Waals surface area contributed by atoms with Crippen molar-refractivity contribution in [3.8, 4) is 11.5 Å². The molecule has 0 unspecified atom stereocenters. The molecule has 4 rings (SSSR count). The number of ether oxygens (including phenoxy) is 2. The van der Waals surface area contributed by atoms with Crippen molar-refractivity contribution >= 4 is 17.6 Å². The molecule has 0 spiro atoms. The number of rotatable bonds is 5. The predicted molar refractivity (Wildman–Crippen MR) is 109 cm³/mol. The minimum Gasteiger partial charge on any atom is -0.485 e. The summed E-state index contributed by atoms with van der Waals surface area (Å²) in [5.74, 6) is 0.275. The monoisotopic (exact) mass is 426 g/mol. The number of carbonyl (C=O) groups is 3. The smallest absolute Gasteiger partial charge is 0.267 e. The summed E-state index contributed by atoms with van der Waals surface area (Å²) in [6.45, 7) is 1.76. The van der Waals surface area contributed by atoms with Crippen molar-refractivity contribution in [2.45, 2.75) is 18.9 Å². The fourth-order valence-electron chi connectivity index (χ4n) is 3.68. The number of para-hydroxylation sites is 2. The second-order valence-electron chi connectivity index (χ2n) is 7.50. The molecule has 2 aromatic carbocycles. The van der Waals surface area contributed by atoms with Crippen molar-refractivity contribution in [1.29, 1.82) is 0 Å². The number of benzene rings is 2. The van der Waals surface area contributed by atoms with Crippen LogP contribution in [0.3, 0.4) is 0 Å². The molecule has 1 fully saturated rings. The Bertz CT molecular complexity index is 970. The van der Waals surface area contributed by atoms with Gasteiger partial charge in [-0.05, 0) is 36.4 Å². The van der Waals surface area contributed by atoms with Crippen LogP contribution in [0.25, 0.3) is 0 Å². The van der Waals surface area contributed by atoms with E-state index in [9.17, 15) is 18.8 Å². The molecule has 7 nitrogen and oxygen atoms in total. The molecule has 2 amide bonds. The van der Waals surface area contributed by atoms with Crippen molar-refractivity contribution in [3.05, 3.63) is 59.9 Å². The van der Waals surface area contributed by atoms with Crippen LogP contribution in [0.4, 0.5) is 4.39 Å². The van der Waals surface area contributed by atoms with Gasteiger partial charge in [0.1, 0.15) is 12.4 Å². The average molecular weight is 426 g/mol. The third-order valence-corrected chi connectivity index (χ3v) is 5.46. The van der Waals surface area contributed by atoms with Crippen molar-refractivity contribution in [2.75, 3.05) is 32.8 Å². The zero-order valence-corrected chi connectivity index (χ0v) is 17.0. The van der Waals surface area contributed by atoms with Crippen LogP contribution in [-0.4, -0.2) is 66.3 Å². The summed E-state index contributed by atoms with van der Waals surface area (Å²) in [6, 6.07) is 12.5. The van der Waals surface area contributed by atoms with E-state index in [0.29, 0.717) is 43.2 Å². The summed E-state index contributed by atoms with van der Waals surface area (Å²) in [5, 5.41) is 0. The van der Waals surface area contributed by atoms with Gasteiger partial charge in [-0.1, -0.05) is 12.1 Å². The van der Waals surface area contributed by atoms with E-state index < -0.39 is 11.9 Å². The van der Waals surface area contributed by atoms with Crippen LogP contribution in [0, 0.1) is 5.82 Å². The van der Waals surface area contributed by atoms with Gasteiger partial charge in [0.15, 0.2) is 17.3 Å². The van der Waals surface area contributed by atoms with E-state index in [1.807, 2.05) is 12.1 Å². The van der Waals surface area contributed by atoms with Crippen LogP contribution in [0.15, 0.2) is 48.5 Å². The van der Waals surface area contributed by atoms with E-state index in [0.717, 1.165) is 0 Å². The minimum atomic E-state index is -0.703. The van der Waals surface area contributed by atoms with E-state index in [1.54, 1.807) is 21.9 Å². The van der Waals surface area contributed by atoms with Crippen LogP contribution < -0.4 is 9.47 Å². The van der Waals surface area contributed by atoms with E-state index in [4.69, 9.17) is 9.47 Å². The molecule has 31 heavy (non-hydrogen) atoms. The van der Waals surface area contributed by atoms with Gasteiger partial charge in [-0.3, -0.25) is 14.4 Å². The number of piperazine rings is 1. The molecule has 0 aromatic heterocycles. The standard InChI is InChI=1S/C23H23FN2O5/c24-17-7-5-16(6-8-17)18(27)9-10-22(28)25-11-13-26(14-12-25)23(29)21-15-30-19-3-1-2-4-20(19)31-21/h1-8,21H,9-15H2/t21-/m1/s1. The second kappa shape index (κ2) is 9.16. The number of hydrogen-bond donors (Lipinski definition) is 0. The molecule has 0 radical (unpaired) electrons. The lowest BCUT2D eigenvalue weighted by molar-refractivity contribution is -0.146. The Morgan fingerprint density at radius 2 is 1.52 bits per heavy atom. The Labute approximate surface area is 179 Å². The first-order chi connectivity index (χ1) is 15.0. The van der Waals surface area contributed by atoms with Gasteiger partial charge in [-0.15, -0.1) is 0 Å². The molecule has 2 aliphatic rings. The van der Waals surface area contributed by atoms with Gasteiger partial charge in [0.25, 0.3) is 5.91 Å². The molecular weight excluding hydrogens is 403 g/mol. The van der Waals surface area contributed by atoms with E-state index in [1.165, 1.54) is 24.3 Å². The van der Waals surface area contributed by atoms with Crippen molar-refractivity contribution < 1.29 is 28.2 Å². The van der Waals surface area contributed by atoms with Crippen LogP contribution in [0.5, 0.6) is 11.5 Å². The molecule has 0 aliphatic carbocycles. The normalized spacial score (nSPS) is 17.9. The number of nitrogens with zero attached hydrogens (tertiary/aromatic N) is 2. The van der Waals surface area contributed by atoms with Crippen LogP contribution in [0.2, 0.25) is 0 Å². The highest BCUT2D eigenvalue weighted by Crippen LogP contribution is 2.31. The Hall–Kier alpha value is -3.42. The SMILES string of the molecule is O=C(CCC(=O)N1CCN(C(=O)[C@H]2COc3ccccc3O2)CC1)c1ccc(F)cc1. The number of carbonyl (C=O) groups excluding carboxylic acids is 3. The number of hydrogen-bond acceptors (Lipinski definition) is 5. The molecule has 1 saturated heterocycles. The third-order valence-electron chi connectivity index (χ3n) is 5.46. The summed E-state index contributed by atoms with van der Waals surface area (Å²) in [4.78, 5) is 40.8. The quantitative estimate of drug-likeness (QED) is 0.686. The zero-order chi connectivity index (χ0) is 21.8. The van der Waals surface area contributed by atoms with E-state index in [-0.39, 0.29) is 37.0 Å². The van der Waals surface area contributed by atoms with Gasteiger partial charge >= 0.3 is 0 Å². The van der Waals surface area contributed by atoms with Crippen molar-refractivity contribution in [2.24, 2.45) is 0 Å². The van der Waals surface area contributed by atoms with Crippen LogP contribution >= 0.6 is 0 Å². The average Bonchev–Trinajstić information content (AvgIpc) is 2.82. The van der Waals surface area contributed by atoms with Gasteiger partial charge < -0.3 is 19.3 Å². The summed E-state index contributed by atoms with van der Waals surface area (Å²) >= 11 is 0. The number of halogens is 1. The lowest BCUT2D eigenvalue weighted by atomic mass is 10.1. The molecule has 1 atom stereocenters. The molecule has 0 saturated carbocycles. The zero-order valence-electron chi connectivity index (χ0n) is 17.0.